The number of thioether (sulfide) groups is 1. The van der Waals surface area contributed by atoms with Gasteiger partial charge < -0.3 is 5.32 Å². The molecule has 0 amide bonds. The van der Waals surface area contributed by atoms with E-state index in [4.69, 9.17) is 4.98 Å². The third kappa shape index (κ3) is 3.97. The first-order valence-corrected chi connectivity index (χ1v) is 9.24. The van der Waals surface area contributed by atoms with Crippen molar-refractivity contribution in [3.63, 3.8) is 0 Å². The molecule has 1 heterocycles. The molecule has 0 bridgehead atoms. The number of hydrogen-bond donors (Lipinski definition) is 1. The first-order valence-electron chi connectivity index (χ1n) is 7.03. The Hall–Kier alpha value is -0.0600. The molecule has 0 aliphatic heterocycles. The van der Waals surface area contributed by atoms with Crippen LogP contribution >= 0.6 is 23.1 Å². The molecule has 1 aliphatic rings. The van der Waals surface area contributed by atoms with E-state index in [1.807, 2.05) is 23.1 Å². The summed E-state index contributed by atoms with van der Waals surface area (Å²) < 4.78 is 0. The van der Waals surface area contributed by atoms with Gasteiger partial charge in [-0.3, -0.25) is 0 Å². The molecule has 0 radical (unpaired) electrons. The van der Waals surface area contributed by atoms with Crippen molar-refractivity contribution < 1.29 is 0 Å². The van der Waals surface area contributed by atoms with Gasteiger partial charge in [-0.25, -0.2) is 4.98 Å². The summed E-state index contributed by atoms with van der Waals surface area (Å²) in [5.74, 6) is 1.06. The zero-order valence-corrected chi connectivity index (χ0v) is 13.1. The number of thiazole rings is 1. The van der Waals surface area contributed by atoms with Gasteiger partial charge >= 0.3 is 0 Å². The van der Waals surface area contributed by atoms with E-state index in [0.29, 0.717) is 0 Å². The molecule has 1 fully saturated rings. The van der Waals surface area contributed by atoms with Crippen molar-refractivity contribution in [2.45, 2.75) is 63.8 Å². The highest BCUT2D eigenvalue weighted by Crippen LogP contribution is 2.24. The Balaban J connectivity index is 1.95. The second-order valence-corrected chi connectivity index (χ2v) is 7.06. The van der Waals surface area contributed by atoms with E-state index in [1.165, 1.54) is 47.7 Å². The van der Waals surface area contributed by atoms with Crippen LogP contribution in [0.1, 0.15) is 54.6 Å². The predicted octanol–water partition coefficient (Wildman–Crippen LogP) is 3.99. The molecule has 1 aromatic rings. The van der Waals surface area contributed by atoms with E-state index in [1.54, 1.807) is 0 Å². The van der Waals surface area contributed by atoms with Crippen LogP contribution in [0.25, 0.3) is 0 Å². The summed E-state index contributed by atoms with van der Waals surface area (Å²) in [5.41, 5.74) is 1.34. The van der Waals surface area contributed by atoms with Crippen LogP contribution in [0.5, 0.6) is 0 Å². The van der Waals surface area contributed by atoms with Crippen LogP contribution in [-0.2, 0) is 18.7 Å². The van der Waals surface area contributed by atoms with Gasteiger partial charge in [0.2, 0.25) is 0 Å². The van der Waals surface area contributed by atoms with E-state index in [2.05, 4.69) is 18.5 Å². The SMILES string of the molecule is CCCc1nc(CSC)sc1CNC1CCCC1. The molecular weight excluding hydrogens is 260 g/mol. The maximum atomic E-state index is 4.79. The Bertz CT molecular complexity index is 357. The number of hydrogen-bond acceptors (Lipinski definition) is 4. The standard InChI is InChI=1S/C14H24N2S2/c1-3-6-12-13(18-14(16-12)10-17-2)9-15-11-7-4-5-8-11/h11,15H,3-10H2,1-2H3. The third-order valence-corrected chi connectivity index (χ3v) is 5.33. The van der Waals surface area contributed by atoms with Gasteiger partial charge in [-0.2, -0.15) is 11.8 Å². The van der Waals surface area contributed by atoms with E-state index in [-0.39, 0.29) is 0 Å². The number of aryl methyl sites for hydroxylation is 1. The maximum Gasteiger partial charge on any atom is 0.103 e. The minimum absolute atomic E-state index is 0.755. The summed E-state index contributed by atoms with van der Waals surface area (Å²) >= 11 is 3.78. The fourth-order valence-corrected chi connectivity index (χ4v) is 4.32. The first kappa shape index (κ1) is 14.4. The lowest BCUT2D eigenvalue weighted by molar-refractivity contribution is 0.525. The largest absolute Gasteiger partial charge is 0.309 e. The Morgan fingerprint density at radius 1 is 1.39 bits per heavy atom. The highest BCUT2D eigenvalue weighted by atomic mass is 32.2. The normalized spacial score (nSPS) is 16.6. The van der Waals surface area contributed by atoms with Gasteiger partial charge in [0.15, 0.2) is 0 Å². The van der Waals surface area contributed by atoms with Crippen LogP contribution in [0.2, 0.25) is 0 Å². The fourth-order valence-electron chi connectivity index (χ4n) is 2.56. The Kier molecular flexibility index (Phi) is 5.99. The molecule has 18 heavy (non-hydrogen) atoms. The molecule has 0 saturated heterocycles. The quantitative estimate of drug-likeness (QED) is 0.819. The van der Waals surface area contributed by atoms with Crippen LogP contribution in [0.4, 0.5) is 0 Å². The zero-order chi connectivity index (χ0) is 12.8. The van der Waals surface area contributed by atoms with E-state index < -0.39 is 0 Å². The number of aromatic nitrogens is 1. The van der Waals surface area contributed by atoms with Crippen molar-refractivity contribution in [3.05, 3.63) is 15.6 Å². The fraction of sp³-hybridized carbons (Fsp3) is 0.786. The zero-order valence-electron chi connectivity index (χ0n) is 11.5. The van der Waals surface area contributed by atoms with E-state index in [0.717, 1.165) is 24.8 Å². The van der Waals surface area contributed by atoms with Crippen molar-refractivity contribution in [2.75, 3.05) is 6.26 Å². The molecule has 1 aromatic heterocycles. The van der Waals surface area contributed by atoms with Gasteiger partial charge in [0.25, 0.3) is 0 Å². The van der Waals surface area contributed by atoms with Gasteiger partial charge in [0, 0.05) is 23.2 Å². The summed E-state index contributed by atoms with van der Waals surface area (Å²) in [7, 11) is 0. The Morgan fingerprint density at radius 3 is 2.83 bits per heavy atom. The van der Waals surface area contributed by atoms with E-state index >= 15 is 0 Å². The van der Waals surface area contributed by atoms with Crippen LogP contribution in [-0.4, -0.2) is 17.3 Å². The lowest BCUT2D eigenvalue weighted by atomic mass is 10.2. The van der Waals surface area contributed by atoms with Crippen molar-refractivity contribution in [2.24, 2.45) is 0 Å². The molecule has 0 spiro atoms. The molecule has 0 aromatic carbocycles. The van der Waals surface area contributed by atoms with Crippen LogP contribution in [0.3, 0.4) is 0 Å². The summed E-state index contributed by atoms with van der Waals surface area (Å²) in [6.07, 6.45) is 10.0. The molecule has 4 heteroatoms. The summed E-state index contributed by atoms with van der Waals surface area (Å²) in [5, 5.41) is 5.02. The van der Waals surface area contributed by atoms with E-state index in [9.17, 15) is 0 Å². The third-order valence-electron chi connectivity index (χ3n) is 3.48. The van der Waals surface area contributed by atoms with Crippen LogP contribution in [0.15, 0.2) is 0 Å². The van der Waals surface area contributed by atoms with Gasteiger partial charge in [0.1, 0.15) is 5.01 Å². The van der Waals surface area contributed by atoms with Gasteiger partial charge in [-0.1, -0.05) is 26.2 Å². The smallest absolute Gasteiger partial charge is 0.103 e. The number of rotatable bonds is 7. The van der Waals surface area contributed by atoms with Gasteiger partial charge in [-0.05, 0) is 25.5 Å². The molecule has 0 unspecified atom stereocenters. The molecule has 1 N–H and O–H groups in total. The second-order valence-electron chi connectivity index (χ2n) is 5.02. The van der Waals surface area contributed by atoms with Crippen molar-refractivity contribution >= 4 is 23.1 Å². The average Bonchev–Trinajstić information content (AvgIpc) is 2.97. The first-order chi connectivity index (χ1) is 8.83. The van der Waals surface area contributed by atoms with Crippen molar-refractivity contribution in [1.82, 2.24) is 10.3 Å². The maximum absolute atomic E-state index is 4.79. The molecule has 0 atom stereocenters. The molecule has 1 aliphatic carbocycles. The van der Waals surface area contributed by atoms with Gasteiger partial charge in [-0.15, -0.1) is 11.3 Å². The summed E-state index contributed by atoms with van der Waals surface area (Å²) in [6, 6.07) is 0.755. The van der Waals surface area contributed by atoms with Crippen LogP contribution < -0.4 is 5.32 Å². The predicted molar refractivity (Wildman–Crippen MR) is 82.4 cm³/mol. The highest BCUT2D eigenvalue weighted by Gasteiger charge is 2.16. The summed E-state index contributed by atoms with van der Waals surface area (Å²) in [4.78, 5) is 6.27. The monoisotopic (exact) mass is 284 g/mol. The lowest BCUT2D eigenvalue weighted by Gasteiger charge is -2.11. The molecular formula is C14H24N2S2. The topological polar surface area (TPSA) is 24.9 Å². The Labute approximate surface area is 119 Å². The summed E-state index contributed by atoms with van der Waals surface area (Å²) in [6.45, 7) is 3.27. The van der Waals surface area contributed by atoms with Crippen molar-refractivity contribution in [3.8, 4) is 0 Å². The second kappa shape index (κ2) is 7.51. The molecule has 102 valence electrons. The minimum atomic E-state index is 0.755. The molecule has 2 rings (SSSR count). The van der Waals surface area contributed by atoms with Gasteiger partial charge in [0.05, 0.1) is 5.69 Å². The van der Waals surface area contributed by atoms with Crippen molar-refractivity contribution in [1.29, 1.82) is 0 Å². The van der Waals surface area contributed by atoms with Crippen LogP contribution in [0, 0.1) is 0 Å². The number of nitrogens with zero attached hydrogens (tertiary/aromatic N) is 1. The molecule has 1 saturated carbocycles. The number of nitrogens with one attached hydrogen (secondary N) is 1. The lowest BCUT2D eigenvalue weighted by Crippen LogP contribution is -2.25. The average molecular weight is 284 g/mol. The Morgan fingerprint density at radius 2 is 2.17 bits per heavy atom. The minimum Gasteiger partial charge on any atom is -0.309 e. The molecule has 2 nitrogen and oxygen atoms in total. The highest BCUT2D eigenvalue weighted by molar-refractivity contribution is 7.97.